The molecular formula is C17H24F3NO2. The van der Waals surface area contributed by atoms with Crippen LogP contribution in [0, 0.1) is 0 Å². The zero-order valence-electron chi connectivity index (χ0n) is 13.2. The molecule has 6 heteroatoms. The number of unbranched alkanes of at least 4 members (excludes halogenated alkanes) is 6. The van der Waals surface area contributed by atoms with Crippen molar-refractivity contribution >= 4 is 11.7 Å². The average molecular weight is 331 g/mol. The highest BCUT2D eigenvalue weighted by molar-refractivity contribution is 5.87. The number of halogens is 3. The van der Waals surface area contributed by atoms with E-state index in [0.717, 1.165) is 44.3 Å². The molecular weight excluding hydrogens is 307 g/mol. The highest BCUT2D eigenvalue weighted by Gasteiger charge is 2.25. The third-order valence-corrected chi connectivity index (χ3v) is 3.60. The van der Waals surface area contributed by atoms with E-state index in [9.17, 15) is 18.0 Å². The van der Waals surface area contributed by atoms with Crippen molar-refractivity contribution in [1.82, 2.24) is 0 Å². The van der Waals surface area contributed by atoms with Gasteiger partial charge in [-0.2, -0.15) is 13.2 Å². The highest BCUT2D eigenvalue weighted by Crippen LogP contribution is 2.23. The molecule has 0 unspecified atom stereocenters. The first-order valence-electron chi connectivity index (χ1n) is 8.02. The van der Waals surface area contributed by atoms with Crippen molar-refractivity contribution in [3.05, 3.63) is 29.8 Å². The molecule has 0 atom stereocenters. The third-order valence-electron chi connectivity index (χ3n) is 3.60. The molecule has 3 nitrogen and oxygen atoms in total. The first-order chi connectivity index (χ1) is 10.9. The van der Waals surface area contributed by atoms with Gasteiger partial charge in [-0.05, 0) is 37.1 Å². The number of anilines is 1. The van der Waals surface area contributed by atoms with Crippen LogP contribution in [0.1, 0.15) is 61.7 Å². The molecule has 0 aliphatic rings. The topological polar surface area (TPSA) is 49.3 Å². The number of carboxylic acids is 1. The second kappa shape index (κ2) is 10.1. The van der Waals surface area contributed by atoms with Gasteiger partial charge >= 0.3 is 12.1 Å². The standard InChI is InChI=1S/C17H24F3NO2/c18-17(19,20)12-6-4-2-1-3-5-7-13-21-15-10-8-14(9-11-15)16(22)23/h8-11,21H,1-7,12-13H2,(H,22,23). The van der Waals surface area contributed by atoms with Crippen LogP contribution < -0.4 is 5.32 Å². The van der Waals surface area contributed by atoms with Gasteiger partial charge in [0, 0.05) is 18.7 Å². The summed E-state index contributed by atoms with van der Waals surface area (Å²) < 4.78 is 35.8. The molecule has 0 bridgehead atoms. The van der Waals surface area contributed by atoms with Gasteiger partial charge in [0.15, 0.2) is 0 Å². The lowest BCUT2D eigenvalue weighted by Crippen LogP contribution is -2.06. The molecule has 0 aromatic heterocycles. The lowest BCUT2D eigenvalue weighted by molar-refractivity contribution is -0.135. The number of hydrogen-bond donors (Lipinski definition) is 2. The van der Waals surface area contributed by atoms with Crippen LogP contribution in [-0.2, 0) is 0 Å². The summed E-state index contributed by atoms with van der Waals surface area (Å²) in [7, 11) is 0. The number of alkyl halides is 3. The Hall–Kier alpha value is -1.72. The van der Waals surface area contributed by atoms with Gasteiger partial charge in [0.2, 0.25) is 0 Å². The van der Waals surface area contributed by atoms with Crippen LogP contribution in [0.15, 0.2) is 24.3 Å². The molecule has 0 saturated heterocycles. The fourth-order valence-electron chi connectivity index (χ4n) is 2.30. The Morgan fingerprint density at radius 1 is 0.913 bits per heavy atom. The minimum atomic E-state index is -4.02. The highest BCUT2D eigenvalue weighted by atomic mass is 19.4. The quantitative estimate of drug-likeness (QED) is 0.528. The summed E-state index contributed by atoms with van der Waals surface area (Å²) in [6, 6.07) is 6.60. The predicted octanol–water partition coefficient (Wildman–Crippen LogP) is 5.48. The number of hydrogen-bond acceptors (Lipinski definition) is 2. The van der Waals surface area contributed by atoms with Crippen molar-refractivity contribution in [3.8, 4) is 0 Å². The predicted molar refractivity (Wildman–Crippen MR) is 84.9 cm³/mol. The van der Waals surface area contributed by atoms with Crippen molar-refractivity contribution < 1.29 is 23.1 Å². The number of aromatic carboxylic acids is 1. The van der Waals surface area contributed by atoms with E-state index in [1.807, 2.05) is 0 Å². The number of carbonyl (C=O) groups is 1. The Bertz CT molecular complexity index is 458. The number of nitrogens with one attached hydrogen (secondary N) is 1. The van der Waals surface area contributed by atoms with Crippen LogP contribution in [0.25, 0.3) is 0 Å². The number of benzene rings is 1. The molecule has 130 valence electrons. The van der Waals surface area contributed by atoms with E-state index in [-0.39, 0.29) is 12.0 Å². The zero-order chi connectivity index (χ0) is 17.1. The second-order valence-electron chi connectivity index (χ2n) is 5.65. The van der Waals surface area contributed by atoms with Crippen molar-refractivity contribution in [3.63, 3.8) is 0 Å². The molecule has 0 aliphatic carbocycles. The molecule has 0 heterocycles. The summed E-state index contributed by atoms with van der Waals surface area (Å²) >= 11 is 0. The maximum Gasteiger partial charge on any atom is 0.389 e. The Labute approximate surface area is 134 Å². The first kappa shape index (κ1) is 19.3. The van der Waals surface area contributed by atoms with Crippen molar-refractivity contribution in [2.24, 2.45) is 0 Å². The monoisotopic (exact) mass is 331 g/mol. The SMILES string of the molecule is O=C(O)c1ccc(NCCCCCCCCCC(F)(F)F)cc1. The molecule has 0 aliphatic heterocycles. The fraction of sp³-hybridized carbons (Fsp3) is 0.588. The van der Waals surface area contributed by atoms with Gasteiger partial charge in [-0.3, -0.25) is 0 Å². The van der Waals surface area contributed by atoms with Gasteiger partial charge < -0.3 is 10.4 Å². The van der Waals surface area contributed by atoms with Crippen molar-refractivity contribution in [1.29, 1.82) is 0 Å². The molecule has 1 rings (SSSR count). The normalized spacial score (nSPS) is 11.4. The van der Waals surface area contributed by atoms with Gasteiger partial charge in [-0.1, -0.05) is 32.1 Å². The van der Waals surface area contributed by atoms with Gasteiger partial charge in [0.25, 0.3) is 0 Å². The maximum atomic E-state index is 11.9. The summed E-state index contributed by atoms with van der Waals surface area (Å²) in [6.07, 6.45) is 1.09. The molecule has 23 heavy (non-hydrogen) atoms. The van der Waals surface area contributed by atoms with E-state index in [4.69, 9.17) is 5.11 Å². The lowest BCUT2D eigenvalue weighted by atomic mass is 10.1. The van der Waals surface area contributed by atoms with Gasteiger partial charge in [0.1, 0.15) is 0 Å². The van der Waals surface area contributed by atoms with Crippen molar-refractivity contribution in [2.75, 3.05) is 11.9 Å². The number of carboxylic acid groups (broad SMARTS) is 1. The molecule has 0 fully saturated rings. The van der Waals surface area contributed by atoms with Gasteiger partial charge in [-0.15, -0.1) is 0 Å². The molecule has 2 N–H and O–H groups in total. The smallest absolute Gasteiger partial charge is 0.389 e. The van der Waals surface area contributed by atoms with Crippen LogP contribution in [-0.4, -0.2) is 23.8 Å². The molecule has 0 spiro atoms. The average Bonchev–Trinajstić information content (AvgIpc) is 2.48. The van der Waals surface area contributed by atoms with E-state index < -0.39 is 18.6 Å². The molecule has 1 aromatic carbocycles. The molecule has 0 saturated carbocycles. The third kappa shape index (κ3) is 9.81. The Balaban J connectivity index is 1.96. The maximum absolute atomic E-state index is 11.9. The van der Waals surface area contributed by atoms with Crippen LogP contribution in [0.2, 0.25) is 0 Å². The summed E-state index contributed by atoms with van der Waals surface area (Å²) in [6.45, 7) is 0.806. The second-order valence-corrected chi connectivity index (χ2v) is 5.65. The van der Waals surface area contributed by atoms with E-state index in [1.165, 1.54) is 0 Å². The van der Waals surface area contributed by atoms with E-state index in [0.29, 0.717) is 6.42 Å². The van der Waals surface area contributed by atoms with Crippen molar-refractivity contribution in [2.45, 2.75) is 57.5 Å². The van der Waals surface area contributed by atoms with Crippen LogP contribution in [0.5, 0.6) is 0 Å². The lowest BCUT2D eigenvalue weighted by Gasteiger charge is -2.07. The Morgan fingerprint density at radius 2 is 1.43 bits per heavy atom. The minimum absolute atomic E-state index is 0.234. The van der Waals surface area contributed by atoms with E-state index in [1.54, 1.807) is 24.3 Å². The Morgan fingerprint density at radius 3 is 1.96 bits per heavy atom. The fourth-order valence-corrected chi connectivity index (χ4v) is 2.30. The molecule has 1 aromatic rings. The molecule has 0 amide bonds. The van der Waals surface area contributed by atoms with Gasteiger partial charge in [-0.25, -0.2) is 4.79 Å². The zero-order valence-corrected chi connectivity index (χ0v) is 13.2. The molecule has 0 radical (unpaired) electrons. The first-order valence-corrected chi connectivity index (χ1v) is 8.02. The summed E-state index contributed by atoms with van der Waals surface area (Å²) in [5.41, 5.74) is 1.16. The van der Waals surface area contributed by atoms with E-state index >= 15 is 0 Å². The van der Waals surface area contributed by atoms with Gasteiger partial charge in [0.05, 0.1) is 5.56 Å². The summed E-state index contributed by atoms with van der Waals surface area (Å²) in [5, 5.41) is 12.0. The summed E-state index contributed by atoms with van der Waals surface area (Å²) in [5.74, 6) is -0.938. The van der Waals surface area contributed by atoms with E-state index in [2.05, 4.69) is 5.32 Å². The minimum Gasteiger partial charge on any atom is -0.478 e. The Kier molecular flexibility index (Phi) is 8.51. The van der Waals surface area contributed by atoms with Crippen LogP contribution in [0.4, 0.5) is 18.9 Å². The van der Waals surface area contributed by atoms with Crippen LogP contribution in [0.3, 0.4) is 0 Å². The van der Waals surface area contributed by atoms with Crippen LogP contribution >= 0.6 is 0 Å². The number of rotatable bonds is 11. The summed E-state index contributed by atoms with van der Waals surface area (Å²) in [4.78, 5) is 10.7. The largest absolute Gasteiger partial charge is 0.478 e.